The molecule has 0 heterocycles. The van der Waals surface area contributed by atoms with E-state index in [1.807, 2.05) is 19.1 Å². The first-order valence-corrected chi connectivity index (χ1v) is 9.21. The molecule has 0 fully saturated rings. The lowest BCUT2D eigenvalue weighted by Gasteiger charge is -2.32. The minimum absolute atomic E-state index is 0.111. The second kappa shape index (κ2) is 10.1. The van der Waals surface area contributed by atoms with Crippen LogP contribution in [0.1, 0.15) is 60.8 Å². The molecule has 0 atom stereocenters. The fourth-order valence-corrected chi connectivity index (χ4v) is 3.05. The monoisotopic (exact) mass is 356 g/mol. The van der Waals surface area contributed by atoms with Crippen LogP contribution in [0.2, 0.25) is 0 Å². The number of Topliss-reactive ketones (excluding diaryl/α,β-unsaturated/α-hetero) is 1. The van der Waals surface area contributed by atoms with Gasteiger partial charge < -0.3 is 4.74 Å². The quantitative estimate of drug-likeness (QED) is 0.336. The van der Waals surface area contributed by atoms with E-state index in [0.717, 1.165) is 5.57 Å². The largest absolute Gasteiger partial charge is 0.456 e. The van der Waals surface area contributed by atoms with E-state index in [9.17, 15) is 9.59 Å². The number of esters is 1. The molecule has 1 aliphatic rings. The van der Waals surface area contributed by atoms with E-state index in [0.29, 0.717) is 0 Å². The Labute approximate surface area is 158 Å². The molecule has 0 unspecified atom stereocenters. The number of ketones is 1. The minimum Gasteiger partial charge on any atom is -0.456 e. The summed E-state index contributed by atoms with van der Waals surface area (Å²) in [5.41, 5.74) is 5.37. The first kappa shape index (κ1) is 21.9. The van der Waals surface area contributed by atoms with E-state index >= 15 is 0 Å². The van der Waals surface area contributed by atoms with E-state index in [1.165, 1.54) is 42.9 Å². The van der Waals surface area contributed by atoms with Crippen LogP contribution in [0.3, 0.4) is 0 Å². The number of hydrogen-bond donors (Lipinski definition) is 0. The fourth-order valence-electron chi connectivity index (χ4n) is 3.05. The van der Waals surface area contributed by atoms with Gasteiger partial charge in [0.2, 0.25) is 5.78 Å². The van der Waals surface area contributed by atoms with Crippen molar-refractivity contribution in [3.8, 4) is 0 Å². The van der Waals surface area contributed by atoms with Crippen molar-refractivity contribution in [2.45, 2.75) is 60.8 Å². The van der Waals surface area contributed by atoms with E-state index in [4.69, 9.17) is 4.74 Å². The van der Waals surface area contributed by atoms with Crippen molar-refractivity contribution in [1.82, 2.24) is 0 Å². The lowest BCUT2D eigenvalue weighted by atomic mass is 9.72. The predicted octanol–water partition coefficient (Wildman–Crippen LogP) is 5.65. The highest BCUT2D eigenvalue weighted by Gasteiger charge is 2.26. The zero-order chi connectivity index (χ0) is 19.7. The minimum atomic E-state index is -0.797. The van der Waals surface area contributed by atoms with Gasteiger partial charge in [-0.3, -0.25) is 4.79 Å². The molecule has 1 rings (SSSR count). The summed E-state index contributed by atoms with van der Waals surface area (Å²) < 4.78 is 4.81. The summed E-state index contributed by atoms with van der Waals surface area (Å²) in [4.78, 5) is 21.8. The third-order valence-electron chi connectivity index (χ3n) is 4.68. The molecule has 0 amide bonds. The topological polar surface area (TPSA) is 43.4 Å². The number of carbonyl (C=O) groups is 2. The van der Waals surface area contributed by atoms with Gasteiger partial charge >= 0.3 is 5.97 Å². The highest BCUT2D eigenvalue weighted by atomic mass is 16.5. The maximum atomic E-state index is 11.1. The summed E-state index contributed by atoms with van der Waals surface area (Å²) in [7, 11) is 0. The van der Waals surface area contributed by atoms with Gasteiger partial charge in [0.05, 0.1) is 0 Å². The van der Waals surface area contributed by atoms with Crippen LogP contribution in [0.15, 0.2) is 58.7 Å². The molecule has 142 valence electrons. The molecule has 3 heteroatoms. The summed E-state index contributed by atoms with van der Waals surface area (Å²) in [6.45, 7) is 12.2. The molecule has 0 spiro atoms. The Kier molecular flexibility index (Phi) is 8.50. The van der Waals surface area contributed by atoms with Gasteiger partial charge in [0.1, 0.15) is 6.61 Å². The van der Waals surface area contributed by atoms with Crippen molar-refractivity contribution < 1.29 is 14.3 Å². The van der Waals surface area contributed by atoms with Gasteiger partial charge in [-0.25, -0.2) is 4.79 Å². The third-order valence-corrected chi connectivity index (χ3v) is 4.68. The normalized spacial score (nSPS) is 18.7. The molecule has 26 heavy (non-hydrogen) atoms. The van der Waals surface area contributed by atoms with E-state index < -0.39 is 11.8 Å². The van der Waals surface area contributed by atoms with Gasteiger partial charge in [0.15, 0.2) is 0 Å². The van der Waals surface area contributed by atoms with Crippen molar-refractivity contribution in [2.75, 3.05) is 6.61 Å². The van der Waals surface area contributed by atoms with Gasteiger partial charge in [-0.05, 0) is 57.1 Å². The molecule has 1 aliphatic carbocycles. The molecule has 0 saturated carbocycles. The zero-order valence-electron chi connectivity index (χ0n) is 17.0. The van der Waals surface area contributed by atoms with Crippen molar-refractivity contribution in [2.24, 2.45) is 5.41 Å². The van der Waals surface area contributed by atoms with Crippen LogP contribution < -0.4 is 0 Å². The highest BCUT2D eigenvalue weighted by Crippen LogP contribution is 2.40. The lowest BCUT2D eigenvalue weighted by molar-refractivity contribution is -0.152. The molecule has 0 aromatic heterocycles. The second-order valence-corrected chi connectivity index (χ2v) is 7.64. The molecule has 3 nitrogen and oxygen atoms in total. The van der Waals surface area contributed by atoms with Crippen LogP contribution in [0.5, 0.6) is 0 Å². The van der Waals surface area contributed by atoms with Crippen LogP contribution in [0, 0.1) is 5.41 Å². The molecule has 0 aromatic carbocycles. The summed E-state index contributed by atoms with van der Waals surface area (Å²) in [5.74, 6) is -1.38. The van der Waals surface area contributed by atoms with Gasteiger partial charge in [0, 0.05) is 6.92 Å². The van der Waals surface area contributed by atoms with Crippen molar-refractivity contribution in [1.29, 1.82) is 0 Å². The molecular formula is C23H32O3. The smallest absolute Gasteiger partial charge is 0.374 e. The Morgan fingerprint density at radius 3 is 2.42 bits per heavy atom. The van der Waals surface area contributed by atoms with Crippen molar-refractivity contribution in [3.05, 3.63) is 58.7 Å². The second-order valence-electron chi connectivity index (χ2n) is 7.64. The number of rotatable bonds is 7. The lowest BCUT2D eigenvalue weighted by Crippen LogP contribution is -2.19. The maximum Gasteiger partial charge on any atom is 0.374 e. The molecule has 0 radical (unpaired) electrons. The zero-order valence-corrected chi connectivity index (χ0v) is 17.0. The predicted molar refractivity (Wildman–Crippen MR) is 108 cm³/mol. The van der Waals surface area contributed by atoms with Crippen molar-refractivity contribution >= 4 is 11.8 Å². The maximum absolute atomic E-state index is 11.1. The number of carbonyl (C=O) groups excluding carboxylic acids is 2. The van der Waals surface area contributed by atoms with Crippen molar-refractivity contribution in [3.63, 3.8) is 0 Å². The van der Waals surface area contributed by atoms with Crippen LogP contribution in [0.25, 0.3) is 0 Å². The van der Waals surface area contributed by atoms with E-state index in [1.54, 1.807) is 6.08 Å². The van der Waals surface area contributed by atoms with E-state index in [-0.39, 0.29) is 12.0 Å². The first-order chi connectivity index (χ1) is 12.1. The summed E-state index contributed by atoms with van der Waals surface area (Å²) in [5, 5.41) is 0. The van der Waals surface area contributed by atoms with Crippen LogP contribution in [0.4, 0.5) is 0 Å². The standard InChI is InChI=1S/C23H32O3/c1-17(12-13-21-19(3)11-8-15-23(21,5)6)9-7-10-18(2)14-16-26-22(25)20(4)24/h7,9-10,12-14H,8,11,15-16H2,1-6H3. The van der Waals surface area contributed by atoms with Gasteiger partial charge in [-0.1, -0.05) is 60.9 Å². The Morgan fingerprint density at radius 2 is 1.81 bits per heavy atom. The van der Waals surface area contributed by atoms with Gasteiger partial charge in [-0.2, -0.15) is 0 Å². The molecule has 0 N–H and O–H groups in total. The number of allylic oxidation sites excluding steroid dienone is 9. The average Bonchev–Trinajstić information content (AvgIpc) is 2.53. The molecular weight excluding hydrogens is 324 g/mol. The molecule has 0 bridgehead atoms. The SMILES string of the molecule is CC(=O)C(=O)OCC=C(C)C=CC=C(C)C=CC1=C(C)CCCC1(C)C. The number of hydrogen-bond acceptors (Lipinski definition) is 3. The van der Waals surface area contributed by atoms with Crippen LogP contribution >= 0.6 is 0 Å². The Bertz CT molecular complexity index is 682. The van der Waals surface area contributed by atoms with Gasteiger partial charge in [0.25, 0.3) is 0 Å². The van der Waals surface area contributed by atoms with E-state index in [2.05, 4.69) is 45.9 Å². The third kappa shape index (κ3) is 7.38. The number of ether oxygens (including phenoxy) is 1. The van der Waals surface area contributed by atoms with Crippen LogP contribution in [-0.4, -0.2) is 18.4 Å². The Hall–Kier alpha value is -2.16. The van der Waals surface area contributed by atoms with Crippen LogP contribution in [-0.2, 0) is 14.3 Å². The summed E-state index contributed by atoms with van der Waals surface area (Å²) in [6.07, 6.45) is 15.9. The fraction of sp³-hybridized carbons (Fsp3) is 0.478. The van der Waals surface area contributed by atoms with Gasteiger partial charge in [-0.15, -0.1) is 0 Å². The summed E-state index contributed by atoms with van der Waals surface area (Å²) >= 11 is 0. The molecule has 0 aliphatic heterocycles. The summed E-state index contributed by atoms with van der Waals surface area (Å²) in [6, 6.07) is 0. The molecule has 0 saturated heterocycles. The first-order valence-electron chi connectivity index (χ1n) is 9.21. The molecule has 0 aromatic rings. The highest BCUT2D eigenvalue weighted by molar-refractivity contribution is 6.32. The Balaban J connectivity index is 2.63. The average molecular weight is 357 g/mol. The Morgan fingerprint density at radius 1 is 1.12 bits per heavy atom.